The SMILES string of the molecule is Nc1nc2ccc(C(=O)Nc3cccc(Cl)c3)cc2s1. The van der Waals surface area contributed by atoms with Crippen molar-refractivity contribution >= 4 is 49.9 Å². The van der Waals surface area contributed by atoms with E-state index in [4.69, 9.17) is 17.3 Å². The summed E-state index contributed by atoms with van der Waals surface area (Å²) < 4.78 is 0.890. The zero-order chi connectivity index (χ0) is 14.1. The first-order valence-corrected chi connectivity index (χ1v) is 7.04. The van der Waals surface area contributed by atoms with E-state index in [1.54, 1.807) is 42.5 Å². The smallest absolute Gasteiger partial charge is 0.255 e. The van der Waals surface area contributed by atoms with Crippen molar-refractivity contribution in [2.24, 2.45) is 0 Å². The molecule has 0 spiro atoms. The van der Waals surface area contributed by atoms with E-state index in [0.717, 1.165) is 10.2 Å². The molecule has 0 fully saturated rings. The van der Waals surface area contributed by atoms with Crippen molar-refractivity contribution in [1.29, 1.82) is 0 Å². The van der Waals surface area contributed by atoms with Crippen molar-refractivity contribution in [3.05, 3.63) is 53.1 Å². The second-order valence-corrected chi connectivity index (χ2v) is 5.70. The van der Waals surface area contributed by atoms with Crippen LogP contribution in [0.2, 0.25) is 5.02 Å². The Morgan fingerprint density at radius 2 is 2.10 bits per heavy atom. The van der Waals surface area contributed by atoms with Gasteiger partial charge in [-0.2, -0.15) is 0 Å². The van der Waals surface area contributed by atoms with Crippen molar-refractivity contribution in [2.75, 3.05) is 11.1 Å². The van der Waals surface area contributed by atoms with Gasteiger partial charge in [-0.15, -0.1) is 0 Å². The number of halogens is 1. The number of nitrogens with zero attached hydrogens (tertiary/aromatic N) is 1. The van der Waals surface area contributed by atoms with Crippen LogP contribution in [0.15, 0.2) is 42.5 Å². The van der Waals surface area contributed by atoms with E-state index in [2.05, 4.69) is 10.3 Å². The number of rotatable bonds is 2. The first kappa shape index (κ1) is 12.9. The summed E-state index contributed by atoms with van der Waals surface area (Å²) in [6.45, 7) is 0. The van der Waals surface area contributed by atoms with Gasteiger partial charge in [0.1, 0.15) is 0 Å². The molecule has 100 valence electrons. The number of benzene rings is 2. The number of carbonyl (C=O) groups excluding carboxylic acids is 1. The van der Waals surface area contributed by atoms with Crippen LogP contribution in [0.5, 0.6) is 0 Å². The van der Waals surface area contributed by atoms with Gasteiger partial charge in [0.15, 0.2) is 5.13 Å². The second kappa shape index (κ2) is 5.11. The molecular weight excluding hydrogens is 294 g/mol. The quantitative estimate of drug-likeness (QED) is 0.757. The molecule has 0 unspecified atom stereocenters. The van der Waals surface area contributed by atoms with Gasteiger partial charge in [-0.1, -0.05) is 29.0 Å². The predicted molar refractivity (Wildman–Crippen MR) is 83.4 cm³/mol. The van der Waals surface area contributed by atoms with E-state index in [1.165, 1.54) is 11.3 Å². The highest BCUT2D eigenvalue weighted by Gasteiger charge is 2.09. The maximum Gasteiger partial charge on any atom is 0.255 e. The van der Waals surface area contributed by atoms with Crippen molar-refractivity contribution < 1.29 is 4.79 Å². The number of nitrogens with two attached hydrogens (primary N) is 1. The van der Waals surface area contributed by atoms with Crippen LogP contribution in [0.1, 0.15) is 10.4 Å². The minimum absolute atomic E-state index is 0.193. The normalized spacial score (nSPS) is 10.7. The van der Waals surface area contributed by atoms with Gasteiger partial charge in [-0.25, -0.2) is 4.98 Å². The lowest BCUT2D eigenvalue weighted by Gasteiger charge is -2.05. The lowest BCUT2D eigenvalue weighted by Crippen LogP contribution is -2.11. The highest BCUT2D eigenvalue weighted by atomic mass is 35.5. The summed E-state index contributed by atoms with van der Waals surface area (Å²) in [5, 5.41) is 3.87. The first-order chi connectivity index (χ1) is 9.61. The molecule has 0 aliphatic rings. The number of nitrogens with one attached hydrogen (secondary N) is 1. The highest BCUT2D eigenvalue weighted by molar-refractivity contribution is 7.22. The summed E-state index contributed by atoms with van der Waals surface area (Å²) >= 11 is 7.24. The van der Waals surface area contributed by atoms with E-state index in [-0.39, 0.29) is 5.91 Å². The van der Waals surface area contributed by atoms with Crippen molar-refractivity contribution in [2.45, 2.75) is 0 Å². The molecule has 0 saturated heterocycles. The van der Waals surface area contributed by atoms with Gasteiger partial charge in [-0.05, 0) is 36.4 Å². The van der Waals surface area contributed by atoms with Gasteiger partial charge in [0.2, 0.25) is 0 Å². The number of aromatic nitrogens is 1. The van der Waals surface area contributed by atoms with Gasteiger partial charge in [-0.3, -0.25) is 4.79 Å². The number of thiazole rings is 1. The zero-order valence-electron chi connectivity index (χ0n) is 10.3. The molecule has 0 aliphatic heterocycles. The molecule has 4 nitrogen and oxygen atoms in total. The standard InChI is InChI=1S/C14H10ClN3OS/c15-9-2-1-3-10(7-9)17-13(19)8-4-5-11-12(6-8)20-14(16)18-11/h1-7H,(H2,16,18)(H,17,19). The predicted octanol–water partition coefficient (Wildman–Crippen LogP) is 3.78. The van der Waals surface area contributed by atoms with E-state index < -0.39 is 0 Å². The van der Waals surface area contributed by atoms with Gasteiger partial charge < -0.3 is 11.1 Å². The minimum atomic E-state index is -0.193. The minimum Gasteiger partial charge on any atom is -0.375 e. The molecule has 3 N–H and O–H groups in total. The Morgan fingerprint density at radius 1 is 1.25 bits per heavy atom. The largest absolute Gasteiger partial charge is 0.375 e. The van der Waals surface area contributed by atoms with E-state index in [1.807, 2.05) is 0 Å². The van der Waals surface area contributed by atoms with Gasteiger partial charge in [0.05, 0.1) is 10.2 Å². The molecule has 6 heteroatoms. The van der Waals surface area contributed by atoms with Crippen LogP contribution in [-0.4, -0.2) is 10.9 Å². The van der Waals surface area contributed by atoms with E-state index >= 15 is 0 Å². The highest BCUT2D eigenvalue weighted by Crippen LogP contribution is 2.25. The molecule has 20 heavy (non-hydrogen) atoms. The third-order valence-corrected chi connectivity index (χ3v) is 3.83. The van der Waals surface area contributed by atoms with Crippen molar-refractivity contribution in [3.8, 4) is 0 Å². The molecule has 1 heterocycles. The van der Waals surface area contributed by atoms with Crippen LogP contribution in [0.25, 0.3) is 10.2 Å². The van der Waals surface area contributed by atoms with Crippen LogP contribution in [-0.2, 0) is 0 Å². The maximum absolute atomic E-state index is 12.2. The molecule has 1 amide bonds. The van der Waals surface area contributed by atoms with Crippen molar-refractivity contribution in [3.63, 3.8) is 0 Å². The van der Waals surface area contributed by atoms with E-state index in [0.29, 0.717) is 21.4 Å². The summed E-state index contributed by atoms with van der Waals surface area (Å²) in [6.07, 6.45) is 0. The molecule has 0 radical (unpaired) electrons. The Balaban J connectivity index is 1.88. The fourth-order valence-corrected chi connectivity index (χ4v) is 2.82. The number of anilines is 2. The Labute approximate surface area is 124 Å². The summed E-state index contributed by atoms with van der Waals surface area (Å²) in [6, 6.07) is 12.3. The number of hydrogen-bond acceptors (Lipinski definition) is 4. The van der Waals surface area contributed by atoms with Crippen molar-refractivity contribution in [1.82, 2.24) is 4.98 Å². The monoisotopic (exact) mass is 303 g/mol. The number of fused-ring (bicyclic) bond motifs is 1. The zero-order valence-corrected chi connectivity index (χ0v) is 11.8. The third kappa shape index (κ3) is 2.59. The number of amides is 1. The fourth-order valence-electron chi connectivity index (χ4n) is 1.85. The molecule has 0 saturated carbocycles. The molecule has 0 atom stereocenters. The van der Waals surface area contributed by atoms with Crippen LogP contribution in [0.4, 0.5) is 10.8 Å². The summed E-state index contributed by atoms with van der Waals surface area (Å²) in [7, 11) is 0. The average Bonchev–Trinajstić information content (AvgIpc) is 2.77. The topological polar surface area (TPSA) is 68.0 Å². The van der Waals surface area contributed by atoms with Gasteiger partial charge in [0.25, 0.3) is 5.91 Å². The van der Waals surface area contributed by atoms with E-state index in [9.17, 15) is 4.79 Å². The third-order valence-electron chi connectivity index (χ3n) is 2.75. The molecule has 0 aliphatic carbocycles. The average molecular weight is 304 g/mol. The molecule has 3 rings (SSSR count). The summed E-state index contributed by atoms with van der Waals surface area (Å²) in [5.41, 5.74) is 7.66. The first-order valence-electron chi connectivity index (χ1n) is 5.85. The van der Waals surface area contributed by atoms with Gasteiger partial charge in [0, 0.05) is 16.3 Å². The lowest BCUT2D eigenvalue weighted by atomic mass is 10.2. The van der Waals surface area contributed by atoms with Gasteiger partial charge >= 0.3 is 0 Å². The molecule has 2 aromatic carbocycles. The Morgan fingerprint density at radius 3 is 2.90 bits per heavy atom. The van der Waals surface area contributed by atoms with Crippen LogP contribution < -0.4 is 11.1 Å². The molecule has 0 bridgehead atoms. The van der Waals surface area contributed by atoms with Crippen LogP contribution in [0, 0.1) is 0 Å². The second-order valence-electron chi connectivity index (χ2n) is 4.20. The number of nitrogen functional groups attached to an aromatic ring is 1. The lowest BCUT2D eigenvalue weighted by molar-refractivity contribution is 0.102. The fraction of sp³-hybridized carbons (Fsp3) is 0. The Bertz CT molecular complexity index is 800. The number of hydrogen-bond donors (Lipinski definition) is 2. The molecule has 3 aromatic rings. The Kier molecular flexibility index (Phi) is 3.30. The molecule has 1 aromatic heterocycles. The number of carbonyl (C=O) groups is 1. The van der Waals surface area contributed by atoms with Crippen LogP contribution >= 0.6 is 22.9 Å². The summed E-state index contributed by atoms with van der Waals surface area (Å²) in [5.74, 6) is -0.193. The summed E-state index contributed by atoms with van der Waals surface area (Å²) in [4.78, 5) is 16.3. The van der Waals surface area contributed by atoms with Crippen LogP contribution in [0.3, 0.4) is 0 Å². The maximum atomic E-state index is 12.2. The molecular formula is C14H10ClN3OS. The Hall–Kier alpha value is -2.11.